The summed E-state index contributed by atoms with van der Waals surface area (Å²) in [6.07, 6.45) is 3.74. The van der Waals surface area contributed by atoms with Crippen molar-refractivity contribution in [1.82, 2.24) is 15.5 Å². The van der Waals surface area contributed by atoms with Gasteiger partial charge in [0, 0.05) is 19.3 Å². The third kappa shape index (κ3) is 7.18. The summed E-state index contributed by atoms with van der Waals surface area (Å²) in [5, 5.41) is 6.65. The Hall–Kier alpha value is -0.870. The number of nitrogens with zero attached hydrogens (tertiary/aromatic N) is 2. The summed E-state index contributed by atoms with van der Waals surface area (Å²) in [5.41, 5.74) is 1.29. The van der Waals surface area contributed by atoms with E-state index in [0.29, 0.717) is 5.96 Å². The number of guanidine groups is 1. The van der Waals surface area contributed by atoms with Crippen LogP contribution in [0.1, 0.15) is 45.2 Å². The Morgan fingerprint density at radius 2 is 1.79 bits per heavy atom. The lowest BCUT2D eigenvalue weighted by molar-refractivity contribution is 0.245. The molecular formula is C20H35IN4O2S. The van der Waals surface area contributed by atoms with Gasteiger partial charge in [0.25, 0.3) is 0 Å². The molecule has 160 valence electrons. The van der Waals surface area contributed by atoms with Gasteiger partial charge in [0.1, 0.15) is 0 Å². The molecule has 8 heteroatoms. The van der Waals surface area contributed by atoms with Gasteiger partial charge in [-0.2, -0.15) is 0 Å². The van der Waals surface area contributed by atoms with Crippen LogP contribution in [-0.2, 0) is 9.84 Å². The molecule has 1 aliphatic rings. The summed E-state index contributed by atoms with van der Waals surface area (Å²) in [6.45, 7) is 9.33. The first-order valence-electron chi connectivity index (χ1n) is 9.75. The number of likely N-dealkylation sites (tertiary alicyclic amines) is 1. The van der Waals surface area contributed by atoms with Gasteiger partial charge in [0.05, 0.1) is 17.3 Å². The summed E-state index contributed by atoms with van der Waals surface area (Å²) < 4.78 is 23.0. The Morgan fingerprint density at radius 1 is 1.18 bits per heavy atom. The molecule has 1 saturated heterocycles. The van der Waals surface area contributed by atoms with Gasteiger partial charge in [-0.15, -0.1) is 24.0 Å². The Bertz CT molecular complexity index is 717. The van der Waals surface area contributed by atoms with Crippen LogP contribution in [-0.4, -0.2) is 63.0 Å². The molecule has 1 aromatic rings. The van der Waals surface area contributed by atoms with Gasteiger partial charge in [0.2, 0.25) is 0 Å². The molecule has 0 radical (unpaired) electrons. The smallest absolute Gasteiger partial charge is 0.191 e. The summed E-state index contributed by atoms with van der Waals surface area (Å²) in [6, 6.07) is 10.8. The van der Waals surface area contributed by atoms with E-state index in [9.17, 15) is 8.42 Å². The fourth-order valence-electron chi connectivity index (χ4n) is 3.11. The lowest BCUT2D eigenvalue weighted by Gasteiger charge is -2.29. The summed E-state index contributed by atoms with van der Waals surface area (Å²) in [4.78, 5) is 7.05. The number of aliphatic imine (C=N–C) groups is 1. The normalized spacial score (nSPS) is 17.1. The van der Waals surface area contributed by atoms with E-state index >= 15 is 0 Å². The van der Waals surface area contributed by atoms with Crippen LogP contribution in [0, 0.1) is 0 Å². The van der Waals surface area contributed by atoms with Crippen molar-refractivity contribution in [3.05, 3.63) is 35.9 Å². The summed E-state index contributed by atoms with van der Waals surface area (Å²) >= 11 is 0. The number of sulfone groups is 1. The van der Waals surface area contributed by atoms with Crippen LogP contribution < -0.4 is 10.6 Å². The topological polar surface area (TPSA) is 73.8 Å². The SMILES string of the molecule is CCNC(=NCC(C)(C)S(C)(=O)=O)NCC(c1ccccc1)N1CCCC1.I. The van der Waals surface area contributed by atoms with Crippen molar-refractivity contribution in [2.45, 2.75) is 44.4 Å². The molecule has 28 heavy (non-hydrogen) atoms. The number of hydrogen-bond donors (Lipinski definition) is 2. The Morgan fingerprint density at radius 3 is 2.32 bits per heavy atom. The molecule has 2 N–H and O–H groups in total. The maximum absolute atomic E-state index is 11.9. The first-order valence-corrected chi connectivity index (χ1v) is 11.6. The number of hydrogen-bond acceptors (Lipinski definition) is 4. The number of halogens is 1. The van der Waals surface area contributed by atoms with E-state index in [1.54, 1.807) is 13.8 Å². The molecule has 1 aliphatic heterocycles. The van der Waals surface area contributed by atoms with Crippen molar-refractivity contribution in [2.24, 2.45) is 4.99 Å². The zero-order chi connectivity index (χ0) is 19.9. The first kappa shape index (κ1) is 25.2. The fraction of sp³-hybridized carbons (Fsp3) is 0.650. The Labute approximate surface area is 187 Å². The average molecular weight is 522 g/mol. The standard InChI is InChI=1S/C20H34N4O2S.HI/c1-5-21-19(23-16-20(2,3)27(4,25)26)22-15-18(24-13-9-10-14-24)17-11-7-6-8-12-17;/h6-8,11-12,18H,5,9-10,13-16H2,1-4H3,(H2,21,22,23);1H. The van der Waals surface area contributed by atoms with Crippen molar-refractivity contribution in [2.75, 3.05) is 39.0 Å². The minimum absolute atomic E-state index is 0. The van der Waals surface area contributed by atoms with Gasteiger partial charge >= 0.3 is 0 Å². The third-order valence-electron chi connectivity index (χ3n) is 5.19. The van der Waals surface area contributed by atoms with Gasteiger partial charge in [-0.3, -0.25) is 9.89 Å². The number of rotatable bonds is 8. The highest BCUT2D eigenvalue weighted by Gasteiger charge is 2.30. The van der Waals surface area contributed by atoms with Crippen molar-refractivity contribution in [3.8, 4) is 0 Å². The molecule has 2 rings (SSSR count). The zero-order valence-electron chi connectivity index (χ0n) is 17.4. The van der Waals surface area contributed by atoms with Gasteiger partial charge in [0.15, 0.2) is 15.8 Å². The lowest BCUT2D eigenvalue weighted by Crippen LogP contribution is -2.44. The molecule has 0 amide bonds. The van der Waals surface area contributed by atoms with Crippen LogP contribution in [0.3, 0.4) is 0 Å². The van der Waals surface area contributed by atoms with E-state index in [2.05, 4.69) is 44.8 Å². The largest absolute Gasteiger partial charge is 0.357 e. The van der Waals surface area contributed by atoms with E-state index in [4.69, 9.17) is 0 Å². The highest BCUT2D eigenvalue weighted by atomic mass is 127. The minimum atomic E-state index is -3.17. The molecule has 0 saturated carbocycles. The maximum Gasteiger partial charge on any atom is 0.191 e. The quantitative estimate of drug-likeness (QED) is 0.312. The van der Waals surface area contributed by atoms with Crippen molar-refractivity contribution in [1.29, 1.82) is 0 Å². The van der Waals surface area contributed by atoms with Crippen LogP contribution in [0.15, 0.2) is 35.3 Å². The molecular weight excluding hydrogens is 487 g/mol. The predicted molar refractivity (Wildman–Crippen MR) is 128 cm³/mol. The second-order valence-corrected chi connectivity index (χ2v) is 10.4. The van der Waals surface area contributed by atoms with Crippen LogP contribution in [0.4, 0.5) is 0 Å². The van der Waals surface area contributed by atoms with Crippen LogP contribution in [0.5, 0.6) is 0 Å². The van der Waals surface area contributed by atoms with Crippen LogP contribution in [0.2, 0.25) is 0 Å². The lowest BCUT2D eigenvalue weighted by atomic mass is 10.1. The second kappa shape index (κ2) is 11.3. The highest BCUT2D eigenvalue weighted by molar-refractivity contribution is 14.0. The Kier molecular flexibility index (Phi) is 10.2. The zero-order valence-corrected chi connectivity index (χ0v) is 20.6. The van der Waals surface area contributed by atoms with E-state index in [1.165, 1.54) is 24.7 Å². The number of benzene rings is 1. The molecule has 1 atom stereocenters. The number of nitrogens with one attached hydrogen (secondary N) is 2. The molecule has 0 spiro atoms. The summed E-state index contributed by atoms with van der Waals surface area (Å²) in [5.74, 6) is 0.661. The molecule has 1 aromatic carbocycles. The molecule has 1 fully saturated rings. The van der Waals surface area contributed by atoms with Gasteiger partial charge in [-0.25, -0.2) is 8.42 Å². The molecule has 6 nitrogen and oxygen atoms in total. The molecule has 0 bridgehead atoms. The van der Waals surface area contributed by atoms with Gasteiger partial charge in [-0.1, -0.05) is 30.3 Å². The highest BCUT2D eigenvalue weighted by Crippen LogP contribution is 2.24. The second-order valence-electron chi connectivity index (χ2n) is 7.78. The monoisotopic (exact) mass is 522 g/mol. The van der Waals surface area contributed by atoms with Crippen molar-refractivity contribution >= 4 is 39.8 Å². The third-order valence-corrected chi connectivity index (χ3v) is 7.33. The van der Waals surface area contributed by atoms with Crippen molar-refractivity contribution < 1.29 is 8.42 Å². The van der Waals surface area contributed by atoms with Crippen LogP contribution in [0.25, 0.3) is 0 Å². The van der Waals surface area contributed by atoms with E-state index in [1.807, 2.05) is 13.0 Å². The molecule has 1 unspecified atom stereocenters. The first-order chi connectivity index (χ1) is 12.7. The summed E-state index contributed by atoms with van der Waals surface area (Å²) in [7, 11) is -3.17. The molecule has 1 heterocycles. The van der Waals surface area contributed by atoms with E-state index in [0.717, 1.165) is 26.2 Å². The predicted octanol–water partition coefficient (Wildman–Crippen LogP) is 2.82. The molecule has 0 aliphatic carbocycles. The van der Waals surface area contributed by atoms with E-state index in [-0.39, 0.29) is 36.6 Å². The average Bonchev–Trinajstić information content (AvgIpc) is 3.14. The van der Waals surface area contributed by atoms with Gasteiger partial charge in [-0.05, 0) is 52.3 Å². The van der Waals surface area contributed by atoms with Crippen molar-refractivity contribution in [3.63, 3.8) is 0 Å². The fourth-order valence-corrected chi connectivity index (χ4v) is 3.41. The Balaban J connectivity index is 0.00000392. The van der Waals surface area contributed by atoms with E-state index < -0.39 is 14.6 Å². The van der Waals surface area contributed by atoms with Crippen LogP contribution >= 0.6 is 24.0 Å². The maximum atomic E-state index is 11.9. The minimum Gasteiger partial charge on any atom is -0.357 e. The van der Waals surface area contributed by atoms with Gasteiger partial charge < -0.3 is 10.6 Å². The molecule has 0 aromatic heterocycles.